The Hall–Kier alpha value is -1.94. The second-order valence-electron chi connectivity index (χ2n) is 30.6. The summed E-state index contributed by atoms with van der Waals surface area (Å²) in [6.07, 6.45) is 59.8. The van der Waals surface area contributed by atoms with E-state index in [2.05, 4.69) is 48.5 Å². The van der Waals surface area contributed by atoms with E-state index >= 15 is 0 Å². The van der Waals surface area contributed by atoms with Crippen molar-refractivity contribution < 1.29 is 80.2 Å². The van der Waals surface area contributed by atoms with Gasteiger partial charge in [0.2, 0.25) is 0 Å². The van der Waals surface area contributed by atoms with Crippen molar-refractivity contribution in [1.82, 2.24) is 0 Å². The molecule has 0 rings (SSSR count). The molecule has 0 aromatic rings. The lowest BCUT2D eigenvalue weighted by atomic mass is 10.0. The van der Waals surface area contributed by atoms with E-state index in [9.17, 15) is 43.2 Å². The lowest BCUT2D eigenvalue weighted by Gasteiger charge is -2.21. The fraction of sp³-hybridized carbons (Fsp3) is 0.951. The monoisotopic (exact) mass is 1470 g/mol. The molecule has 0 radical (unpaired) electrons. The van der Waals surface area contributed by atoms with Gasteiger partial charge in [-0.05, 0) is 43.4 Å². The fourth-order valence-electron chi connectivity index (χ4n) is 12.5. The molecular formula is C81H158O17P2. The van der Waals surface area contributed by atoms with Gasteiger partial charge in [-0.25, -0.2) is 9.13 Å². The van der Waals surface area contributed by atoms with Gasteiger partial charge in [0, 0.05) is 25.7 Å². The summed E-state index contributed by atoms with van der Waals surface area (Å²) >= 11 is 0. The van der Waals surface area contributed by atoms with Crippen LogP contribution in [-0.4, -0.2) is 96.7 Å². The van der Waals surface area contributed by atoms with Crippen LogP contribution in [0.5, 0.6) is 0 Å². The van der Waals surface area contributed by atoms with Crippen molar-refractivity contribution >= 4 is 39.5 Å². The first-order chi connectivity index (χ1) is 48.2. The molecule has 594 valence electrons. The van der Waals surface area contributed by atoms with Gasteiger partial charge in [0.25, 0.3) is 0 Å². The van der Waals surface area contributed by atoms with Crippen molar-refractivity contribution in [3.8, 4) is 0 Å². The lowest BCUT2D eigenvalue weighted by Crippen LogP contribution is -2.30. The second-order valence-corrected chi connectivity index (χ2v) is 33.5. The van der Waals surface area contributed by atoms with E-state index in [1.54, 1.807) is 0 Å². The van der Waals surface area contributed by atoms with Crippen molar-refractivity contribution in [2.45, 2.75) is 439 Å². The van der Waals surface area contributed by atoms with Gasteiger partial charge in [0.05, 0.1) is 26.4 Å². The summed E-state index contributed by atoms with van der Waals surface area (Å²) < 4.78 is 68.6. The van der Waals surface area contributed by atoms with E-state index < -0.39 is 97.5 Å². The molecule has 0 amide bonds. The Bertz CT molecular complexity index is 1940. The number of ether oxygens (including phenoxy) is 4. The number of hydrogen-bond acceptors (Lipinski definition) is 15. The van der Waals surface area contributed by atoms with Crippen LogP contribution in [0.3, 0.4) is 0 Å². The third-order valence-electron chi connectivity index (χ3n) is 18.9. The van der Waals surface area contributed by atoms with Crippen molar-refractivity contribution in [3.05, 3.63) is 0 Å². The quantitative estimate of drug-likeness (QED) is 0.0222. The summed E-state index contributed by atoms with van der Waals surface area (Å²) in [5.41, 5.74) is 0. The SMILES string of the molecule is CCCCCCCCCC(=O)OC[C@H](COP(=O)(O)OC[C@H](O)COP(=O)(O)OC[C@@H](COC(=O)CCCCCCCCCCCCCCCCCCC(C)C)OC(=O)CCCCCCCCCCCCCCCCCCC(C)C)OC(=O)CCCCCCCCCCCCCCC(C)C. The Balaban J connectivity index is 5.18. The summed E-state index contributed by atoms with van der Waals surface area (Å²) in [6, 6.07) is 0. The van der Waals surface area contributed by atoms with Crippen molar-refractivity contribution in [1.29, 1.82) is 0 Å². The van der Waals surface area contributed by atoms with Crippen LogP contribution in [0.2, 0.25) is 0 Å². The minimum atomic E-state index is -4.96. The molecule has 0 heterocycles. The predicted octanol–water partition coefficient (Wildman–Crippen LogP) is 24.1. The van der Waals surface area contributed by atoms with Gasteiger partial charge >= 0.3 is 39.5 Å². The number of aliphatic hydroxyl groups excluding tert-OH is 1. The molecule has 0 saturated heterocycles. The molecule has 19 heteroatoms. The highest BCUT2D eigenvalue weighted by Gasteiger charge is 2.30. The van der Waals surface area contributed by atoms with Crippen LogP contribution in [0.15, 0.2) is 0 Å². The number of hydrogen-bond donors (Lipinski definition) is 3. The number of phosphoric ester groups is 2. The molecule has 3 N–H and O–H groups in total. The van der Waals surface area contributed by atoms with Gasteiger partial charge in [-0.3, -0.25) is 37.3 Å². The first-order valence-corrected chi connectivity index (χ1v) is 44.8. The van der Waals surface area contributed by atoms with E-state index in [0.717, 1.165) is 120 Å². The molecule has 0 fully saturated rings. The molecule has 0 aliphatic heterocycles. The predicted molar refractivity (Wildman–Crippen MR) is 409 cm³/mol. The van der Waals surface area contributed by atoms with Gasteiger partial charge in [0.15, 0.2) is 12.2 Å². The second kappa shape index (κ2) is 71.3. The summed E-state index contributed by atoms with van der Waals surface area (Å²) in [5, 5.41) is 10.6. The molecule has 5 atom stereocenters. The van der Waals surface area contributed by atoms with Crippen LogP contribution in [0.25, 0.3) is 0 Å². The van der Waals surface area contributed by atoms with Gasteiger partial charge in [-0.15, -0.1) is 0 Å². The standard InChI is InChI=1S/C81H158O17P2/c1-8-9-10-11-38-48-55-62-78(83)91-68-76(97-80(85)65-58-51-44-37-31-25-24-28-34-41-47-54-61-74(6)7)70-95-99(87,88)93-66-75(82)67-94-100(89,90)96-71-77(98-81(86)64-57-50-43-36-30-23-19-15-13-17-21-27-33-40-46-53-60-73(4)5)69-92-79(84)63-56-49-42-35-29-22-18-14-12-16-20-26-32-39-45-52-59-72(2)3/h72-77,82H,8-71H2,1-7H3,(H,87,88)(H,89,90)/t75-,76+,77+/m0/s1. The van der Waals surface area contributed by atoms with Gasteiger partial charge in [0.1, 0.15) is 19.3 Å². The van der Waals surface area contributed by atoms with Gasteiger partial charge in [-0.1, -0.05) is 370 Å². The maximum Gasteiger partial charge on any atom is 0.472 e. The number of phosphoric acid groups is 2. The van der Waals surface area contributed by atoms with Gasteiger partial charge < -0.3 is 33.8 Å². The number of unbranched alkanes of at least 4 members (excludes halogenated alkanes) is 47. The number of aliphatic hydroxyl groups is 1. The molecule has 0 saturated carbocycles. The zero-order valence-corrected chi connectivity index (χ0v) is 67.5. The molecule has 0 aromatic heterocycles. The Morgan fingerprint density at radius 3 is 0.680 bits per heavy atom. The van der Waals surface area contributed by atoms with E-state index in [0.29, 0.717) is 25.7 Å². The number of esters is 4. The number of carbonyl (C=O) groups is 4. The third kappa shape index (κ3) is 74.3. The molecule has 100 heavy (non-hydrogen) atoms. The zero-order valence-electron chi connectivity index (χ0n) is 65.7. The summed E-state index contributed by atoms with van der Waals surface area (Å²) in [4.78, 5) is 72.9. The first-order valence-electron chi connectivity index (χ1n) is 41.8. The largest absolute Gasteiger partial charge is 0.472 e. The zero-order chi connectivity index (χ0) is 73.7. The van der Waals surface area contributed by atoms with E-state index in [1.807, 2.05) is 0 Å². The van der Waals surface area contributed by atoms with E-state index in [1.165, 1.54) is 218 Å². The van der Waals surface area contributed by atoms with Crippen LogP contribution >= 0.6 is 15.6 Å². The van der Waals surface area contributed by atoms with Crippen molar-refractivity contribution in [2.75, 3.05) is 39.6 Å². The van der Waals surface area contributed by atoms with Gasteiger partial charge in [-0.2, -0.15) is 0 Å². The topological polar surface area (TPSA) is 237 Å². The Labute approximate surface area is 613 Å². The van der Waals surface area contributed by atoms with Crippen molar-refractivity contribution in [3.63, 3.8) is 0 Å². The molecule has 17 nitrogen and oxygen atoms in total. The minimum Gasteiger partial charge on any atom is -0.462 e. The average molecular weight is 1470 g/mol. The van der Waals surface area contributed by atoms with E-state index in [-0.39, 0.29) is 25.7 Å². The molecule has 0 aromatic carbocycles. The number of carbonyl (C=O) groups excluding carboxylic acids is 4. The summed E-state index contributed by atoms with van der Waals surface area (Å²) in [7, 11) is -9.91. The fourth-order valence-corrected chi connectivity index (χ4v) is 14.1. The Kier molecular flexibility index (Phi) is 69.9. The maximum absolute atomic E-state index is 13.1. The molecular weight excluding hydrogens is 1310 g/mol. The van der Waals surface area contributed by atoms with Crippen LogP contribution in [-0.2, 0) is 65.4 Å². The van der Waals surface area contributed by atoms with E-state index in [4.69, 9.17) is 37.0 Å². The highest BCUT2D eigenvalue weighted by molar-refractivity contribution is 7.47. The molecule has 0 aliphatic rings. The van der Waals surface area contributed by atoms with Crippen LogP contribution in [0.4, 0.5) is 0 Å². The Morgan fingerprint density at radius 1 is 0.270 bits per heavy atom. The molecule has 0 aliphatic carbocycles. The smallest absolute Gasteiger partial charge is 0.462 e. The van der Waals surface area contributed by atoms with Crippen LogP contribution in [0, 0.1) is 17.8 Å². The highest BCUT2D eigenvalue weighted by atomic mass is 31.2. The summed E-state index contributed by atoms with van der Waals surface area (Å²) in [5.74, 6) is 0.284. The average Bonchev–Trinajstić information content (AvgIpc) is 0.921. The van der Waals surface area contributed by atoms with Crippen molar-refractivity contribution in [2.24, 2.45) is 17.8 Å². The lowest BCUT2D eigenvalue weighted by molar-refractivity contribution is -0.161. The van der Waals surface area contributed by atoms with Crippen LogP contribution < -0.4 is 0 Å². The normalized spacial score (nSPS) is 14.0. The molecule has 0 bridgehead atoms. The highest BCUT2D eigenvalue weighted by Crippen LogP contribution is 2.45. The molecule has 2 unspecified atom stereocenters. The number of rotatable bonds is 79. The third-order valence-corrected chi connectivity index (χ3v) is 20.8. The Morgan fingerprint density at radius 2 is 0.460 bits per heavy atom. The molecule has 0 spiro atoms. The first kappa shape index (κ1) is 98.1. The van der Waals surface area contributed by atoms with Crippen LogP contribution in [0.1, 0.15) is 421 Å². The minimum absolute atomic E-state index is 0.106. The summed E-state index contributed by atoms with van der Waals surface area (Å²) in [6.45, 7) is 12.0. The maximum atomic E-state index is 13.1.